The third-order valence-corrected chi connectivity index (χ3v) is 5.61. The molecule has 0 bridgehead atoms. The summed E-state index contributed by atoms with van der Waals surface area (Å²) < 4.78 is 50.3. The van der Waals surface area contributed by atoms with Crippen LogP contribution in [-0.4, -0.2) is 40.7 Å². The van der Waals surface area contributed by atoms with Crippen molar-refractivity contribution in [1.29, 1.82) is 0 Å². The quantitative estimate of drug-likeness (QED) is 0.512. The summed E-state index contributed by atoms with van der Waals surface area (Å²) in [7, 11) is 0. The average molecular weight is 394 g/mol. The summed E-state index contributed by atoms with van der Waals surface area (Å²) >= 11 is 0. The smallest absolute Gasteiger partial charge is 0.419 e. The summed E-state index contributed by atoms with van der Waals surface area (Å²) in [6.07, 6.45) is -1.78. The largest absolute Gasteiger partial charge is 0.459 e. The van der Waals surface area contributed by atoms with E-state index < -0.39 is 23.5 Å². The summed E-state index contributed by atoms with van der Waals surface area (Å²) in [5.74, 6) is -0.328. The van der Waals surface area contributed by atoms with Gasteiger partial charge in [-0.15, -0.1) is 0 Å². The monoisotopic (exact) mass is 394 g/mol. The molecule has 0 heterocycles. The molecule has 1 rings (SSSR count). The van der Waals surface area contributed by atoms with E-state index in [2.05, 4.69) is 6.58 Å². The van der Waals surface area contributed by atoms with Crippen molar-refractivity contribution in [3.8, 4) is 0 Å². The Hall–Kier alpha value is -1.08. The number of alkyl halides is 3. The van der Waals surface area contributed by atoms with Gasteiger partial charge in [-0.3, -0.25) is 0 Å². The molecule has 2 unspecified atom stereocenters. The molecule has 1 aliphatic rings. The Morgan fingerprint density at radius 1 is 1.11 bits per heavy atom. The Bertz CT molecular complexity index is 516. The number of carbonyl (C=O) groups is 1. The van der Waals surface area contributed by atoms with Crippen molar-refractivity contribution in [2.24, 2.45) is 5.92 Å². The first-order valence-electron chi connectivity index (χ1n) is 9.52. The Morgan fingerprint density at radius 3 is 2.00 bits per heavy atom. The first kappa shape index (κ1) is 24.0. The normalized spacial score (nSPS) is 25.7. The predicted octanol–water partition coefficient (Wildman–Crippen LogP) is 4.94. The molecule has 2 atom stereocenters. The second-order valence-corrected chi connectivity index (χ2v) is 8.38. The molecule has 0 saturated heterocycles. The standard InChI is InChI=1S/C20H33F3O4/c1-13(2)17(24)26-16-11-7-9-15(10-8-12-16)18(4,5)27-14(3)19(6,25)20(21,22)23/h14-16,25H,1,7-12H2,2-6H3. The lowest BCUT2D eigenvalue weighted by Gasteiger charge is -2.42. The summed E-state index contributed by atoms with van der Waals surface area (Å²) in [6.45, 7) is 10.7. The molecule has 1 fully saturated rings. The van der Waals surface area contributed by atoms with Crippen LogP contribution >= 0.6 is 0 Å². The fourth-order valence-electron chi connectivity index (χ4n) is 3.43. The third-order valence-electron chi connectivity index (χ3n) is 5.61. The van der Waals surface area contributed by atoms with Gasteiger partial charge in [-0.2, -0.15) is 13.2 Å². The van der Waals surface area contributed by atoms with E-state index in [-0.39, 0.29) is 18.0 Å². The molecule has 158 valence electrons. The van der Waals surface area contributed by atoms with E-state index in [4.69, 9.17) is 9.47 Å². The van der Waals surface area contributed by atoms with Gasteiger partial charge in [0.05, 0.1) is 11.7 Å². The van der Waals surface area contributed by atoms with Crippen LogP contribution in [0.3, 0.4) is 0 Å². The van der Waals surface area contributed by atoms with E-state index in [1.807, 2.05) is 0 Å². The molecule has 1 saturated carbocycles. The van der Waals surface area contributed by atoms with Crippen LogP contribution in [0, 0.1) is 5.92 Å². The summed E-state index contributed by atoms with van der Waals surface area (Å²) in [5, 5.41) is 9.84. The highest BCUT2D eigenvalue weighted by Gasteiger charge is 2.55. The molecule has 4 nitrogen and oxygen atoms in total. The van der Waals surface area contributed by atoms with Gasteiger partial charge < -0.3 is 14.6 Å². The van der Waals surface area contributed by atoms with Gasteiger partial charge >= 0.3 is 12.1 Å². The lowest BCUT2D eigenvalue weighted by Crippen LogP contribution is -2.55. The van der Waals surface area contributed by atoms with E-state index in [9.17, 15) is 23.1 Å². The maximum absolute atomic E-state index is 13.0. The zero-order valence-corrected chi connectivity index (χ0v) is 17.0. The number of aliphatic hydroxyl groups is 1. The minimum Gasteiger partial charge on any atom is -0.459 e. The van der Waals surface area contributed by atoms with Crippen molar-refractivity contribution < 1.29 is 32.5 Å². The zero-order chi connectivity index (χ0) is 21.0. The van der Waals surface area contributed by atoms with Gasteiger partial charge in [0.25, 0.3) is 0 Å². The number of ether oxygens (including phenoxy) is 2. The Kier molecular flexibility index (Phi) is 7.94. The van der Waals surface area contributed by atoms with Crippen molar-refractivity contribution >= 4 is 5.97 Å². The number of halogens is 3. The SMILES string of the molecule is C=C(C)C(=O)OC1CCCC(C(C)(C)OC(C)C(C)(O)C(F)(F)F)CCC1. The molecule has 0 amide bonds. The van der Waals surface area contributed by atoms with Crippen molar-refractivity contribution in [2.45, 2.75) is 103 Å². The predicted molar refractivity (Wildman–Crippen MR) is 97.2 cm³/mol. The van der Waals surface area contributed by atoms with Gasteiger partial charge in [0.2, 0.25) is 0 Å². The van der Waals surface area contributed by atoms with Gasteiger partial charge in [-0.05, 0) is 79.1 Å². The molecule has 27 heavy (non-hydrogen) atoms. The summed E-state index contributed by atoms with van der Waals surface area (Å²) in [6, 6.07) is 0. The zero-order valence-electron chi connectivity index (χ0n) is 17.0. The minimum absolute atomic E-state index is 0.0572. The van der Waals surface area contributed by atoms with Crippen molar-refractivity contribution in [2.75, 3.05) is 0 Å². The molecule has 7 heteroatoms. The Morgan fingerprint density at radius 2 is 1.59 bits per heavy atom. The Balaban J connectivity index is 2.67. The Labute approximate surface area is 160 Å². The van der Waals surface area contributed by atoms with Crippen molar-refractivity contribution in [1.82, 2.24) is 0 Å². The summed E-state index contributed by atoms with van der Waals surface area (Å²) in [4.78, 5) is 11.7. The highest BCUT2D eigenvalue weighted by molar-refractivity contribution is 5.87. The summed E-state index contributed by atoms with van der Waals surface area (Å²) in [5.41, 5.74) is -3.35. The van der Waals surface area contributed by atoms with Gasteiger partial charge in [0.1, 0.15) is 6.10 Å². The van der Waals surface area contributed by atoms with Crippen LogP contribution < -0.4 is 0 Å². The van der Waals surface area contributed by atoms with Gasteiger partial charge in [-0.25, -0.2) is 4.79 Å². The lowest BCUT2D eigenvalue weighted by molar-refractivity contribution is -0.300. The van der Waals surface area contributed by atoms with Gasteiger partial charge in [-0.1, -0.05) is 6.58 Å². The van der Waals surface area contributed by atoms with Crippen LogP contribution in [0.2, 0.25) is 0 Å². The van der Waals surface area contributed by atoms with Crippen molar-refractivity contribution in [3.05, 3.63) is 12.2 Å². The van der Waals surface area contributed by atoms with Crippen molar-refractivity contribution in [3.63, 3.8) is 0 Å². The van der Waals surface area contributed by atoms with Gasteiger partial charge in [0.15, 0.2) is 5.60 Å². The molecular weight excluding hydrogens is 361 g/mol. The molecule has 0 spiro atoms. The number of rotatable bonds is 6. The van der Waals surface area contributed by atoms with Crippen LogP contribution in [0.1, 0.15) is 73.1 Å². The van der Waals surface area contributed by atoms with Crippen LogP contribution in [0.4, 0.5) is 13.2 Å². The molecule has 0 aromatic heterocycles. The van der Waals surface area contributed by atoms with E-state index in [0.29, 0.717) is 18.4 Å². The van der Waals surface area contributed by atoms with E-state index in [1.165, 1.54) is 6.92 Å². The molecule has 1 N–H and O–H groups in total. The van der Waals surface area contributed by atoms with Crippen LogP contribution in [0.5, 0.6) is 0 Å². The molecule has 0 aliphatic heterocycles. The fraction of sp³-hybridized carbons (Fsp3) is 0.850. The minimum atomic E-state index is -4.76. The molecule has 1 aliphatic carbocycles. The first-order chi connectivity index (χ1) is 12.2. The number of hydrogen-bond donors (Lipinski definition) is 1. The topological polar surface area (TPSA) is 55.8 Å². The maximum Gasteiger partial charge on any atom is 0.419 e. The number of carbonyl (C=O) groups excluding carboxylic acids is 1. The highest BCUT2D eigenvalue weighted by atomic mass is 19.4. The van der Waals surface area contributed by atoms with Crippen LogP contribution in [0.15, 0.2) is 12.2 Å². The van der Waals surface area contributed by atoms with E-state index in [0.717, 1.165) is 32.6 Å². The average Bonchev–Trinajstić information content (AvgIpc) is 2.47. The third kappa shape index (κ3) is 6.49. The lowest BCUT2D eigenvalue weighted by atomic mass is 9.79. The molecule has 0 radical (unpaired) electrons. The van der Waals surface area contributed by atoms with Crippen LogP contribution in [0.25, 0.3) is 0 Å². The number of hydrogen-bond acceptors (Lipinski definition) is 4. The highest BCUT2D eigenvalue weighted by Crippen LogP contribution is 2.39. The van der Waals surface area contributed by atoms with E-state index in [1.54, 1.807) is 20.8 Å². The molecule has 0 aromatic carbocycles. The van der Waals surface area contributed by atoms with Crippen LogP contribution in [-0.2, 0) is 14.3 Å². The molecule has 0 aromatic rings. The second kappa shape index (κ2) is 8.95. The van der Waals surface area contributed by atoms with Gasteiger partial charge in [0, 0.05) is 5.57 Å². The fourth-order valence-corrected chi connectivity index (χ4v) is 3.43. The molecular formula is C20H33F3O4. The first-order valence-corrected chi connectivity index (χ1v) is 9.52. The maximum atomic E-state index is 13.0. The number of esters is 1. The second-order valence-electron chi connectivity index (χ2n) is 8.38. The van der Waals surface area contributed by atoms with E-state index >= 15 is 0 Å².